The summed E-state index contributed by atoms with van der Waals surface area (Å²) in [6, 6.07) is 14.7. The molecule has 6 nitrogen and oxygen atoms in total. The standard InChI is InChI=1S/C21H21N3O3S/c1-13(19(25)22-14-6-5-7-16(12-14)27-2)28-21-23-18-9-4-3-8-17(18)20(26)24(21)15-10-11-15/h3-9,12-13,15H,10-11H2,1-2H3,(H,22,25)/t13-/m0/s1. The van der Waals surface area contributed by atoms with Crippen LogP contribution in [-0.2, 0) is 4.79 Å². The lowest BCUT2D eigenvalue weighted by Gasteiger charge is -2.16. The molecule has 0 saturated heterocycles. The van der Waals surface area contributed by atoms with Crippen LogP contribution in [0.5, 0.6) is 5.75 Å². The van der Waals surface area contributed by atoms with E-state index in [0.717, 1.165) is 12.8 Å². The molecule has 144 valence electrons. The zero-order chi connectivity index (χ0) is 19.7. The average molecular weight is 395 g/mol. The highest BCUT2D eigenvalue weighted by atomic mass is 32.2. The van der Waals surface area contributed by atoms with Gasteiger partial charge in [-0.15, -0.1) is 0 Å². The van der Waals surface area contributed by atoms with Gasteiger partial charge in [0.2, 0.25) is 5.91 Å². The molecule has 7 heteroatoms. The van der Waals surface area contributed by atoms with E-state index in [2.05, 4.69) is 10.3 Å². The van der Waals surface area contributed by atoms with Crippen molar-refractivity contribution in [1.82, 2.24) is 9.55 Å². The van der Waals surface area contributed by atoms with Crippen LogP contribution < -0.4 is 15.6 Å². The monoisotopic (exact) mass is 395 g/mol. The molecule has 0 unspecified atom stereocenters. The number of fused-ring (bicyclic) bond motifs is 1. The Bertz CT molecular complexity index is 1090. The fourth-order valence-corrected chi connectivity index (χ4v) is 4.00. The third kappa shape index (κ3) is 3.75. The lowest BCUT2D eigenvalue weighted by atomic mass is 10.2. The molecule has 1 amide bonds. The highest BCUT2D eigenvalue weighted by molar-refractivity contribution is 8.00. The lowest BCUT2D eigenvalue weighted by Crippen LogP contribution is -2.26. The highest BCUT2D eigenvalue weighted by Gasteiger charge is 2.30. The van der Waals surface area contributed by atoms with Crippen molar-refractivity contribution in [2.75, 3.05) is 12.4 Å². The van der Waals surface area contributed by atoms with Gasteiger partial charge < -0.3 is 10.1 Å². The molecule has 1 heterocycles. The van der Waals surface area contributed by atoms with E-state index in [-0.39, 0.29) is 17.5 Å². The van der Waals surface area contributed by atoms with Crippen molar-refractivity contribution in [2.24, 2.45) is 0 Å². The minimum atomic E-state index is -0.413. The number of nitrogens with one attached hydrogen (secondary N) is 1. The Kier molecular flexibility index (Phi) is 5.09. The van der Waals surface area contributed by atoms with Gasteiger partial charge in [-0.3, -0.25) is 14.2 Å². The number of thioether (sulfide) groups is 1. The van der Waals surface area contributed by atoms with Crippen molar-refractivity contribution in [3.05, 3.63) is 58.9 Å². The molecule has 2 aromatic carbocycles. The number of hydrogen-bond donors (Lipinski definition) is 1. The van der Waals surface area contributed by atoms with E-state index in [1.165, 1.54) is 11.8 Å². The Morgan fingerprint density at radius 2 is 2.04 bits per heavy atom. The molecule has 3 aromatic rings. The van der Waals surface area contributed by atoms with Crippen LogP contribution in [0, 0.1) is 0 Å². The summed E-state index contributed by atoms with van der Waals surface area (Å²) in [5.41, 5.74) is 1.30. The molecule has 0 aliphatic heterocycles. The SMILES string of the molecule is COc1cccc(NC(=O)[C@H](C)Sc2nc3ccccc3c(=O)n2C2CC2)c1. The molecule has 1 aliphatic rings. The van der Waals surface area contributed by atoms with Gasteiger partial charge in [0.1, 0.15) is 5.75 Å². The van der Waals surface area contributed by atoms with Crippen LogP contribution >= 0.6 is 11.8 Å². The van der Waals surface area contributed by atoms with Crippen molar-refractivity contribution in [3.63, 3.8) is 0 Å². The number of carbonyl (C=O) groups is 1. The number of rotatable bonds is 6. The van der Waals surface area contributed by atoms with E-state index in [4.69, 9.17) is 4.74 Å². The maximum absolute atomic E-state index is 12.9. The first-order chi connectivity index (χ1) is 13.6. The summed E-state index contributed by atoms with van der Waals surface area (Å²) in [5.74, 6) is 0.528. The van der Waals surface area contributed by atoms with Crippen molar-refractivity contribution in [3.8, 4) is 5.75 Å². The van der Waals surface area contributed by atoms with Crippen LogP contribution in [0.1, 0.15) is 25.8 Å². The number of methoxy groups -OCH3 is 1. The van der Waals surface area contributed by atoms with Gasteiger partial charge in [-0.25, -0.2) is 4.98 Å². The van der Waals surface area contributed by atoms with Crippen molar-refractivity contribution in [2.45, 2.75) is 36.2 Å². The number of benzene rings is 2. The summed E-state index contributed by atoms with van der Waals surface area (Å²) in [5, 5.41) is 3.70. The van der Waals surface area contributed by atoms with Crippen LogP contribution in [-0.4, -0.2) is 27.8 Å². The van der Waals surface area contributed by atoms with Crippen LogP contribution in [0.25, 0.3) is 10.9 Å². The minimum absolute atomic E-state index is 0.0315. The van der Waals surface area contributed by atoms with Crippen molar-refractivity contribution >= 4 is 34.3 Å². The molecular formula is C21H21N3O3S. The molecule has 1 aromatic heterocycles. The van der Waals surface area contributed by atoms with Gasteiger partial charge >= 0.3 is 0 Å². The van der Waals surface area contributed by atoms with Crippen LogP contribution in [0.3, 0.4) is 0 Å². The zero-order valence-electron chi connectivity index (χ0n) is 15.7. The van der Waals surface area contributed by atoms with E-state index in [1.54, 1.807) is 23.8 Å². The first-order valence-corrected chi connectivity index (χ1v) is 10.1. The van der Waals surface area contributed by atoms with Crippen molar-refractivity contribution < 1.29 is 9.53 Å². The predicted octanol–water partition coefficient (Wildman–Crippen LogP) is 3.86. The summed E-state index contributed by atoms with van der Waals surface area (Å²) in [4.78, 5) is 30.3. The Hall–Kier alpha value is -2.80. The largest absolute Gasteiger partial charge is 0.497 e. The summed E-state index contributed by atoms with van der Waals surface area (Å²) in [6.07, 6.45) is 1.94. The molecule has 0 bridgehead atoms. The molecule has 28 heavy (non-hydrogen) atoms. The number of hydrogen-bond acceptors (Lipinski definition) is 5. The average Bonchev–Trinajstić information content (AvgIpc) is 3.53. The van der Waals surface area contributed by atoms with Gasteiger partial charge in [-0.1, -0.05) is 30.0 Å². The first-order valence-electron chi connectivity index (χ1n) is 9.19. The maximum Gasteiger partial charge on any atom is 0.262 e. The molecule has 0 radical (unpaired) electrons. The Morgan fingerprint density at radius 1 is 1.25 bits per heavy atom. The summed E-state index contributed by atoms with van der Waals surface area (Å²) < 4.78 is 6.94. The number of ether oxygens (including phenoxy) is 1. The van der Waals surface area contributed by atoms with Gasteiger partial charge in [0, 0.05) is 17.8 Å². The van der Waals surface area contributed by atoms with E-state index >= 15 is 0 Å². The summed E-state index contributed by atoms with van der Waals surface area (Å²) in [6.45, 7) is 1.82. The van der Waals surface area contributed by atoms with Gasteiger partial charge in [-0.2, -0.15) is 0 Å². The van der Waals surface area contributed by atoms with E-state index in [0.29, 0.717) is 27.5 Å². The number of anilines is 1. The first kappa shape index (κ1) is 18.6. The quantitative estimate of drug-likeness (QED) is 0.507. The second kappa shape index (κ2) is 7.67. The normalized spacial score (nSPS) is 14.6. The second-order valence-corrected chi connectivity index (χ2v) is 8.11. The smallest absolute Gasteiger partial charge is 0.262 e. The molecule has 4 rings (SSSR count). The van der Waals surface area contributed by atoms with Crippen LogP contribution in [0.15, 0.2) is 58.5 Å². The lowest BCUT2D eigenvalue weighted by molar-refractivity contribution is -0.115. The van der Waals surface area contributed by atoms with Gasteiger partial charge in [-0.05, 0) is 44.0 Å². The van der Waals surface area contributed by atoms with E-state index < -0.39 is 5.25 Å². The topological polar surface area (TPSA) is 73.2 Å². The number of nitrogens with zero attached hydrogens (tertiary/aromatic N) is 2. The van der Waals surface area contributed by atoms with Gasteiger partial charge in [0.15, 0.2) is 5.16 Å². The van der Waals surface area contributed by atoms with Crippen LogP contribution in [0.4, 0.5) is 5.69 Å². The third-order valence-corrected chi connectivity index (χ3v) is 5.74. The Labute approximate surface area is 166 Å². The highest BCUT2D eigenvalue weighted by Crippen LogP contribution is 2.37. The molecule has 1 fully saturated rings. The fourth-order valence-electron chi connectivity index (χ4n) is 3.02. The maximum atomic E-state index is 12.9. The third-order valence-electron chi connectivity index (χ3n) is 4.68. The van der Waals surface area contributed by atoms with E-state index in [9.17, 15) is 9.59 Å². The molecule has 1 atom stereocenters. The van der Waals surface area contributed by atoms with Crippen LogP contribution in [0.2, 0.25) is 0 Å². The molecule has 0 spiro atoms. The van der Waals surface area contributed by atoms with Crippen molar-refractivity contribution in [1.29, 1.82) is 0 Å². The molecule has 1 aliphatic carbocycles. The minimum Gasteiger partial charge on any atom is -0.497 e. The second-order valence-electron chi connectivity index (χ2n) is 6.80. The Morgan fingerprint density at radius 3 is 2.79 bits per heavy atom. The summed E-state index contributed by atoms with van der Waals surface area (Å²) in [7, 11) is 1.59. The zero-order valence-corrected chi connectivity index (χ0v) is 16.5. The number of carbonyl (C=O) groups excluding carboxylic acids is 1. The number of aromatic nitrogens is 2. The van der Waals surface area contributed by atoms with Gasteiger partial charge in [0.25, 0.3) is 5.56 Å². The Balaban J connectivity index is 1.59. The molecule has 1 N–H and O–H groups in total. The fraction of sp³-hybridized carbons (Fsp3) is 0.286. The molecule has 1 saturated carbocycles. The van der Waals surface area contributed by atoms with E-state index in [1.807, 2.05) is 43.3 Å². The number of para-hydroxylation sites is 1. The summed E-state index contributed by atoms with van der Waals surface area (Å²) >= 11 is 1.31. The van der Waals surface area contributed by atoms with Gasteiger partial charge in [0.05, 0.1) is 23.3 Å². The predicted molar refractivity (Wildman–Crippen MR) is 111 cm³/mol. The molecular weight excluding hydrogens is 374 g/mol. The number of amides is 1.